The third-order valence-electron chi connectivity index (χ3n) is 1.97. The third kappa shape index (κ3) is 3.76. The van der Waals surface area contributed by atoms with Crippen molar-refractivity contribution in [3.05, 3.63) is 29.8 Å². The smallest absolute Gasteiger partial charge is 0.491 e. The maximum Gasteiger partial charge on any atom is 0.491 e. The SMILES string of the molecule is COc1ccccc1CC(=O)OC(=O)C(F)(F)F. The van der Waals surface area contributed by atoms with Crippen molar-refractivity contribution in [2.24, 2.45) is 0 Å². The van der Waals surface area contributed by atoms with Crippen molar-refractivity contribution in [2.45, 2.75) is 12.6 Å². The second-order valence-electron chi connectivity index (χ2n) is 3.25. The van der Waals surface area contributed by atoms with Crippen LogP contribution in [0.3, 0.4) is 0 Å². The molecule has 0 aliphatic heterocycles. The summed E-state index contributed by atoms with van der Waals surface area (Å²) in [6.45, 7) is 0. The van der Waals surface area contributed by atoms with Gasteiger partial charge in [-0.3, -0.25) is 4.79 Å². The lowest BCUT2D eigenvalue weighted by atomic mass is 10.1. The number of benzene rings is 1. The van der Waals surface area contributed by atoms with Gasteiger partial charge in [0.25, 0.3) is 0 Å². The van der Waals surface area contributed by atoms with Crippen molar-refractivity contribution in [1.29, 1.82) is 0 Å². The Morgan fingerprint density at radius 2 is 1.83 bits per heavy atom. The van der Waals surface area contributed by atoms with Gasteiger partial charge in [0.1, 0.15) is 5.75 Å². The van der Waals surface area contributed by atoms with Gasteiger partial charge in [-0.15, -0.1) is 0 Å². The van der Waals surface area contributed by atoms with Crippen LogP contribution in [0.1, 0.15) is 5.56 Å². The number of para-hydroxylation sites is 1. The number of halogens is 3. The summed E-state index contributed by atoms with van der Waals surface area (Å²) in [7, 11) is 1.35. The molecule has 0 radical (unpaired) electrons. The molecule has 0 aliphatic carbocycles. The summed E-state index contributed by atoms with van der Waals surface area (Å²) in [5.74, 6) is -3.49. The van der Waals surface area contributed by atoms with Crippen LogP contribution in [0.5, 0.6) is 5.75 Å². The molecule has 4 nitrogen and oxygen atoms in total. The predicted octanol–water partition coefficient (Wildman–Crippen LogP) is 1.87. The number of methoxy groups -OCH3 is 1. The minimum atomic E-state index is -5.18. The first kappa shape index (κ1) is 14.0. The van der Waals surface area contributed by atoms with Gasteiger partial charge in [0.05, 0.1) is 13.5 Å². The number of hydrogen-bond donors (Lipinski definition) is 0. The Hall–Kier alpha value is -2.05. The molecule has 0 aliphatic rings. The van der Waals surface area contributed by atoms with Gasteiger partial charge < -0.3 is 9.47 Å². The van der Waals surface area contributed by atoms with Gasteiger partial charge in [-0.25, -0.2) is 4.79 Å². The van der Waals surface area contributed by atoms with E-state index in [4.69, 9.17) is 4.74 Å². The molecule has 1 aromatic rings. The summed E-state index contributed by atoms with van der Waals surface area (Å²) in [5, 5.41) is 0. The Morgan fingerprint density at radius 1 is 1.22 bits per heavy atom. The van der Waals surface area contributed by atoms with E-state index in [1.807, 2.05) is 0 Å². The highest BCUT2D eigenvalue weighted by molar-refractivity contribution is 5.89. The zero-order valence-electron chi connectivity index (χ0n) is 9.28. The van der Waals surface area contributed by atoms with E-state index in [-0.39, 0.29) is 0 Å². The van der Waals surface area contributed by atoms with Crippen molar-refractivity contribution < 1.29 is 32.2 Å². The molecule has 0 unspecified atom stereocenters. The number of hydrogen-bond acceptors (Lipinski definition) is 4. The largest absolute Gasteiger partial charge is 0.496 e. The molecule has 0 amide bonds. The van der Waals surface area contributed by atoms with Crippen molar-refractivity contribution in [2.75, 3.05) is 7.11 Å². The molecule has 0 heterocycles. The Kier molecular flexibility index (Phi) is 4.30. The Morgan fingerprint density at radius 3 is 2.39 bits per heavy atom. The molecule has 1 aromatic carbocycles. The highest BCUT2D eigenvalue weighted by Gasteiger charge is 2.42. The summed E-state index contributed by atoms with van der Waals surface area (Å²) in [4.78, 5) is 21.6. The maximum absolute atomic E-state index is 11.8. The third-order valence-corrected chi connectivity index (χ3v) is 1.97. The van der Waals surface area contributed by atoms with Crippen LogP contribution >= 0.6 is 0 Å². The molecule has 0 spiro atoms. The average Bonchev–Trinajstić information content (AvgIpc) is 2.28. The fourth-order valence-electron chi connectivity index (χ4n) is 1.20. The summed E-state index contributed by atoms with van der Waals surface area (Å²) in [6.07, 6.45) is -5.66. The van der Waals surface area contributed by atoms with E-state index in [1.54, 1.807) is 12.1 Å². The molecule has 0 fully saturated rings. The number of carbonyl (C=O) groups excluding carboxylic acids is 2. The normalized spacial score (nSPS) is 10.9. The van der Waals surface area contributed by atoms with Gasteiger partial charge in [-0.05, 0) is 6.07 Å². The average molecular weight is 262 g/mol. The van der Waals surface area contributed by atoms with Crippen LogP contribution in [0, 0.1) is 0 Å². The van der Waals surface area contributed by atoms with Gasteiger partial charge in [0.15, 0.2) is 0 Å². The van der Waals surface area contributed by atoms with Crippen LogP contribution in [-0.4, -0.2) is 25.2 Å². The maximum atomic E-state index is 11.8. The summed E-state index contributed by atoms with van der Waals surface area (Å²) in [6, 6.07) is 6.23. The molecular weight excluding hydrogens is 253 g/mol. The van der Waals surface area contributed by atoms with E-state index < -0.39 is 24.5 Å². The molecule has 0 atom stereocenters. The quantitative estimate of drug-likeness (QED) is 0.616. The van der Waals surface area contributed by atoms with Gasteiger partial charge >= 0.3 is 18.1 Å². The van der Waals surface area contributed by atoms with E-state index in [9.17, 15) is 22.8 Å². The Balaban J connectivity index is 2.68. The van der Waals surface area contributed by atoms with Gasteiger partial charge in [-0.1, -0.05) is 18.2 Å². The van der Waals surface area contributed by atoms with Gasteiger partial charge in [0.2, 0.25) is 0 Å². The fraction of sp³-hybridized carbons (Fsp3) is 0.273. The molecule has 1 rings (SSSR count). The second-order valence-corrected chi connectivity index (χ2v) is 3.25. The molecule has 98 valence electrons. The molecule has 7 heteroatoms. The lowest BCUT2D eigenvalue weighted by Gasteiger charge is -2.08. The lowest BCUT2D eigenvalue weighted by molar-refractivity contribution is -0.201. The second kappa shape index (κ2) is 5.52. The summed E-state index contributed by atoms with van der Waals surface area (Å²) < 4.78 is 44.1. The number of esters is 2. The zero-order valence-corrected chi connectivity index (χ0v) is 9.28. The first-order valence-corrected chi connectivity index (χ1v) is 4.78. The highest BCUT2D eigenvalue weighted by atomic mass is 19.4. The lowest BCUT2D eigenvalue weighted by Crippen LogP contribution is -2.28. The van der Waals surface area contributed by atoms with Crippen LogP contribution in [0.2, 0.25) is 0 Å². The van der Waals surface area contributed by atoms with Crippen molar-refractivity contribution >= 4 is 11.9 Å². The van der Waals surface area contributed by atoms with Crippen LogP contribution in [0.25, 0.3) is 0 Å². The summed E-state index contributed by atoms with van der Waals surface area (Å²) in [5.41, 5.74) is 0.333. The molecule has 0 saturated carbocycles. The van der Waals surface area contributed by atoms with Crippen molar-refractivity contribution in [3.63, 3.8) is 0 Å². The van der Waals surface area contributed by atoms with Crippen molar-refractivity contribution in [3.8, 4) is 5.75 Å². The van der Waals surface area contributed by atoms with Crippen LogP contribution in [-0.2, 0) is 20.7 Å². The minimum Gasteiger partial charge on any atom is -0.496 e. The Bertz CT molecular complexity index is 454. The Labute approximate surface area is 100 Å². The topological polar surface area (TPSA) is 52.6 Å². The van der Waals surface area contributed by atoms with E-state index in [0.717, 1.165) is 0 Å². The molecule has 0 N–H and O–H groups in total. The molecule has 18 heavy (non-hydrogen) atoms. The zero-order chi connectivity index (χ0) is 13.8. The first-order valence-electron chi connectivity index (χ1n) is 4.78. The minimum absolute atomic E-state index is 0.328. The summed E-state index contributed by atoms with van der Waals surface area (Å²) >= 11 is 0. The fourth-order valence-corrected chi connectivity index (χ4v) is 1.20. The standard InChI is InChI=1S/C11H9F3O4/c1-17-8-5-3-2-4-7(8)6-9(15)18-10(16)11(12,13)14/h2-5H,6H2,1H3. The molecule has 0 saturated heterocycles. The molecule has 0 aromatic heterocycles. The van der Waals surface area contributed by atoms with E-state index in [2.05, 4.69) is 4.74 Å². The van der Waals surface area contributed by atoms with Gasteiger partial charge in [0, 0.05) is 5.56 Å². The number of carbonyl (C=O) groups is 2. The van der Waals surface area contributed by atoms with E-state index >= 15 is 0 Å². The van der Waals surface area contributed by atoms with Crippen LogP contribution in [0.15, 0.2) is 24.3 Å². The highest BCUT2D eigenvalue weighted by Crippen LogP contribution is 2.20. The number of ether oxygens (including phenoxy) is 2. The first-order chi connectivity index (χ1) is 8.34. The molecule has 0 bridgehead atoms. The van der Waals surface area contributed by atoms with Gasteiger partial charge in [-0.2, -0.15) is 13.2 Å². The monoisotopic (exact) mass is 262 g/mol. The van der Waals surface area contributed by atoms with Crippen LogP contribution in [0.4, 0.5) is 13.2 Å². The van der Waals surface area contributed by atoms with E-state index in [1.165, 1.54) is 19.2 Å². The predicted molar refractivity (Wildman–Crippen MR) is 53.9 cm³/mol. The number of rotatable bonds is 3. The number of alkyl halides is 3. The van der Waals surface area contributed by atoms with E-state index in [0.29, 0.717) is 11.3 Å². The van der Waals surface area contributed by atoms with Crippen molar-refractivity contribution in [1.82, 2.24) is 0 Å². The van der Waals surface area contributed by atoms with Crippen LogP contribution < -0.4 is 4.74 Å². The molecular formula is C11H9F3O4.